The van der Waals surface area contributed by atoms with Crippen LogP contribution in [0.3, 0.4) is 0 Å². The molecule has 0 saturated carbocycles. The van der Waals surface area contributed by atoms with E-state index in [4.69, 9.17) is 0 Å². The lowest BCUT2D eigenvalue weighted by Gasteiger charge is -2.13. The van der Waals surface area contributed by atoms with E-state index in [-0.39, 0.29) is 11.9 Å². The third kappa shape index (κ3) is 2.21. The van der Waals surface area contributed by atoms with Crippen molar-refractivity contribution >= 4 is 17.2 Å². The standard InChI is InChI=1S/C14H14N2O2S/c1-8-15-12(7-19-8)14(18)16-11-6-5-10-9(11)3-2-4-13(10)17/h2-4,7,11,17H,5-6H2,1H3,(H,16,18). The molecule has 1 aliphatic carbocycles. The van der Waals surface area contributed by atoms with Gasteiger partial charge in [-0.2, -0.15) is 0 Å². The van der Waals surface area contributed by atoms with Crippen LogP contribution in [-0.2, 0) is 6.42 Å². The molecular formula is C14H14N2O2S. The van der Waals surface area contributed by atoms with Gasteiger partial charge in [-0.05, 0) is 37.0 Å². The first-order chi connectivity index (χ1) is 9.15. The van der Waals surface area contributed by atoms with Crippen LogP contribution in [0.15, 0.2) is 23.6 Å². The van der Waals surface area contributed by atoms with Crippen LogP contribution in [0.4, 0.5) is 0 Å². The zero-order valence-corrected chi connectivity index (χ0v) is 11.3. The van der Waals surface area contributed by atoms with E-state index in [2.05, 4.69) is 10.3 Å². The number of fused-ring (bicyclic) bond motifs is 1. The number of nitrogens with zero attached hydrogens (tertiary/aromatic N) is 1. The molecule has 5 heteroatoms. The van der Waals surface area contributed by atoms with E-state index in [1.165, 1.54) is 11.3 Å². The summed E-state index contributed by atoms with van der Waals surface area (Å²) in [7, 11) is 0. The van der Waals surface area contributed by atoms with Crippen molar-refractivity contribution in [2.75, 3.05) is 0 Å². The first-order valence-electron chi connectivity index (χ1n) is 6.19. The molecule has 1 aromatic carbocycles. The fourth-order valence-corrected chi connectivity index (χ4v) is 3.08. The average molecular weight is 274 g/mol. The van der Waals surface area contributed by atoms with Crippen LogP contribution in [-0.4, -0.2) is 16.0 Å². The number of carbonyl (C=O) groups excluding carboxylic acids is 1. The molecule has 98 valence electrons. The molecule has 0 spiro atoms. The highest BCUT2D eigenvalue weighted by Crippen LogP contribution is 2.36. The summed E-state index contributed by atoms with van der Waals surface area (Å²) in [6.07, 6.45) is 1.62. The topological polar surface area (TPSA) is 62.2 Å². The Morgan fingerprint density at radius 1 is 1.53 bits per heavy atom. The van der Waals surface area contributed by atoms with E-state index in [1.807, 2.05) is 19.1 Å². The van der Waals surface area contributed by atoms with Gasteiger partial charge in [-0.3, -0.25) is 4.79 Å². The molecule has 2 N–H and O–H groups in total. The second kappa shape index (κ2) is 4.66. The maximum atomic E-state index is 12.1. The summed E-state index contributed by atoms with van der Waals surface area (Å²) in [5, 5.41) is 15.4. The van der Waals surface area contributed by atoms with Crippen molar-refractivity contribution < 1.29 is 9.90 Å². The number of aromatic nitrogens is 1. The monoisotopic (exact) mass is 274 g/mol. The molecule has 1 aromatic heterocycles. The third-order valence-corrected chi connectivity index (χ3v) is 4.18. The molecule has 19 heavy (non-hydrogen) atoms. The zero-order valence-electron chi connectivity index (χ0n) is 10.5. The van der Waals surface area contributed by atoms with Crippen LogP contribution in [0, 0.1) is 6.92 Å². The van der Waals surface area contributed by atoms with Crippen LogP contribution in [0.25, 0.3) is 0 Å². The SMILES string of the molecule is Cc1nc(C(=O)NC2CCc3c(O)cccc32)cs1. The Morgan fingerprint density at radius 2 is 2.37 bits per heavy atom. The van der Waals surface area contributed by atoms with E-state index in [9.17, 15) is 9.90 Å². The first-order valence-corrected chi connectivity index (χ1v) is 7.07. The lowest BCUT2D eigenvalue weighted by Crippen LogP contribution is -2.27. The summed E-state index contributed by atoms with van der Waals surface area (Å²) in [6, 6.07) is 5.43. The van der Waals surface area contributed by atoms with Gasteiger partial charge in [-0.15, -0.1) is 11.3 Å². The number of nitrogens with one attached hydrogen (secondary N) is 1. The Bertz CT molecular complexity index is 636. The van der Waals surface area contributed by atoms with Gasteiger partial charge >= 0.3 is 0 Å². The van der Waals surface area contributed by atoms with Crippen molar-refractivity contribution in [3.05, 3.63) is 45.4 Å². The van der Waals surface area contributed by atoms with Crippen molar-refractivity contribution in [1.82, 2.24) is 10.3 Å². The number of aromatic hydroxyl groups is 1. The predicted octanol–water partition coefficient (Wildman–Crippen LogP) is 2.57. The molecule has 2 aromatic rings. The normalized spacial score (nSPS) is 17.2. The minimum absolute atomic E-state index is 0.0309. The molecule has 1 aliphatic rings. The highest BCUT2D eigenvalue weighted by atomic mass is 32.1. The van der Waals surface area contributed by atoms with Crippen molar-refractivity contribution in [2.24, 2.45) is 0 Å². The number of phenolic OH excluding ortho intramolecular Hbond substituents is 1. The van der Waals surface area contributed by atoms with Gasteiger partial charge in [-0.1, -0.05) is 12.1 Å². The zero-order chi connectivity index (χ0) is 13.4. The number of amides is 1. The largest absolute Gasteiger partial charge is 0.508 e. The molecule has 0 saturated heterocycles. The smallest absolute Gasteiger partial charge is 0.271 e. The maximum Gasteiger partial charge on any atom is 0.271 e. The number of carbonyl (C=O) groups is 1. The van der Waals surface area contributed by atoms with Gasteiger partial charge in [-0.25, -0.2) is 4.98 Å². The molecule has 1 heterocycles. The van der Waals surface area contributed by atoms with E-state index in [0.717, 1.165) is 29.0 Å². The highest BCUT2D eigenvalue weighted by Gasteiger charge is 2.26. The molecular weight excluding hydrogens is 260 g/mol. The summed E-state index contributed by atoms with van der Waals surface area (Å²) < 4.78 is 0. The summed E-state index contributed by atoms with van der Waals surface area (Å²) >= 11 is 1.47. The molecule has 1 unspecified atom stereocenters. The van der Waals surface area contributed by atoms with E-state index >= 15 is 0 Å². The molecule has 0 radical (unpaired) electrons. The van der Waals surface area contributed by atoms with Gasteiger partial charge < -0.3 is 10.4 Å². The summed E-state index contributed by atoms with van der Waals surface area (Å²) in [5.74, 6) is 0.171. The number of hydrogen-bond acceptors (Lipinski definition) is 4. The molecule has 0 aliphatic heterocycles. The number of phenols is 1. The highest BCUT2D eigenvalue weighted by molar-refractivity contribution is 7.09. The molecule has 3 rings (SSSR count). The van der Waals surface area contributed by atoms with Crippen LogP contribution in [0.5, 0.6) is 5.75 Å². The van der Waals surface area contributed by atoms with Gasteiger partial charge in [0.2, 0.25) is 0 Å². The van der Waals surface area contributed by atoms with Crippen molar-refractivity contribution in [3.8, 4) is 5.75 Å². The second-order valence-electron chi connectivity index (χ2n) is 4.66. The van der Waals surface area contributed by atoms with E-state index in [1.54, 1.807) is 11.4 Å². The van der Waals surface area contributed by atoms with Gasteiger partial charge in [0.05, 0.1) is 11.0 Å². The molecule has 1 atom stereocenters. The molecule has 0 bridgehead atoms. The molecule has 1 amide bonds. The quantitative estimate of drug-likeness (QED) is 0.884. The van der Waals surface area contributed by atoms with Gasteiger partial charge in [0.25, 0.3) is 5.91 Å². The van der Waals surface area contributed by atoms with E-state index < -0.39 is 0 Å². The third-order valence-electron chi connectivity index (χ3n) is 3.40. The summed E-state index contributed by atoms with van der Waals surface area (Å²) in [5.41, 5.74) is 2.43. The summed E-state index contributed by atoms with van der Waals surface area (Å²) in [6.45, 7) is 1.88. The second-order valence-corrected chi connectivity index (χ2v) is 5.72. The Balaban J connectivity index is 1.80. The lowest BCUT2D eigenvalue weighted by molar-refractivity contribution is 0.0932. The van der Waals surface area contributed by atoms with E-state index in [0.29, 0.717) is 11.4 Å². The van der Waals surface area contributed by atoms with Gasteiger partial charge in [0.15, 0.2) is 0 Å². The lowest BCUT2D eigenvalue weighted by atomic mass is 10.1. The minimum atomic E-state index is -0.148. The molecule has 4 nitrogen and oxygen atoms in total. The number of hydrogen-bond donors (Lipinski definition) is 2. The van der Waals surface area contributed by atoms with Crippen LogP contribution >= 0.6 is 11.3 Å². The predicted molar refractivity (Wildman–Crippen MR) is 73.5 cm³/mol. The Morgan fingerprint density at radius 3 is 3.11 bits per heavy atom. The Labute approximate surface area is 115 Å². The minimum Gasteiger partial charge on any atom is -0.508 e. The van der Waals surface area contributed by atoms with Crippen LogP contribution < -0.4 is 5.32 Å². The summed E-state index contributed by atoms with van der Waals surface area (Å²) in [4.78, 5) is 16.3. The first kappa shape index (κ1) is 12.2. The van der Waals surface area contributed by atoms with Gasteiger partial charge in [0.1, 0.15) is 11.4 Å². The van der Waals surface area contributed by atoms with Crippen molar-refractivity contribution in [3.63, 3.8) is 0 Å². The molecule has 0 fully saturated rings. The van der Waals surface area contributed by atoms with Gasteiger partial charge in [0, 0.05) is 5.38 Å². The Hall–Kier alpha value is -1.88. The number of thiazole rings is 1. The number of benzene rings is 1. The van der Waals surface area contributed by atoms with Crippen molar-refractivity contribution in [2.45, 2.75) is 25.8 Å². The van der Waals surface area contributed by atoms with Crippen LogP contribution in [0.1, 0.15) is 39.1 Å². The number of aryl methyl sites for hydroxylation is 1. The van der Waals surface area contributed by atoms with Crippen LogP contribution in [0.2, 0.25) is 0 Å². The maximum absolute atomic E-state index is 12.1. The fraction of sp³-hybridized carbons (Fsp3) is 0.286. The number of rotatable bonds is 2. The Kier molecular flexibility index (Phi) is 2.98. The average Bonchev–Trinajstić information content (AvgIpc) is 2.98. The van der Waals surface area contributed by atoms with Crippen molar-refractivity contribution in [1.29, 1.82) is 0 Å². The fourth-order valence-electron chi connectivity index (χ4n) is 2.48.